The molecule has 0 N–H and O–H groups in total. The molecule has 0 aliphatic heterocycles. The van der Waals surface area contributed by atoms with E-state index < -0.39 is 0 Å². The molecule has 12 heavy (non-hydrogen) atoms. The van der Waals surface area contributed by atoms with E-state index in [1.807, 2.05) is 11.7 Å². The van der Waals surface area contributed by atoms with Crippen LogP contribution in [0.15, 0.2) is 11.7 Å². The van der Waals surface area contributed by atoms with Crippen molar-refractivity contribution in [2.24, 2.45) is 5.41 Å². The standard InChI is InChI=1S/C9H11NOS/c1-7(11)9(2-3-9)4-8-5-10-6-12-8/h5-6H,2-4H2,1H3. The van der Waals surface area contributed by atoms with Gasteiger partial charge >= 0.3 is 0 Å². The van der Waals surface area contributed by atoms with Gasteiger partial charge in [0.15, 0.2) is 0 Å². The lowest BCUT2D eigenvalue weighted by molar-refractivity contribution is -0.121. The van der Waals surface area contributed by atoms with Crippen LogP contribution in [0.3, 0.4) is 0 Å². The molecule has 0 unspecified atom stereocenters. The molecule has 64 valence electrons. The molecule has 0 radical (unpaired) electrons. The van der Waals surface area contributed by atoms with Gasteiger partial charge in [0.1, 0.15) is 5.78 Å². The minimum Gasteiger partial charge on any atom is -0.299 e. The Bertz CT molecular complexity index is 287. The Hall–Kier alpha value is -0.700. The number of carbonyl (C=O) groups is 1. The van der Waals surface area contributed by atoms with Gasteiger partial charge in [-0.2, -0.15) is 0 Å². The number of Topliss-reactive ketones (excluding diaryl/α,β-unsaturated/α-hetero) is 1. The Morgan fingerprint density at radius 1 is 1.75 bits per heavy atom. The zero-order chi connectivity index (χ0) is 8.60. The summed E-state index contributed by atoms with van der Waals surface area (Å²) in [5.74, 6) is 0.343. The van der Waals surface area contributed by atoms with E-state index in [-0.39, 0.29) is 5.41 Å². The molecule has 0 atom stereocenters. The van der Waals surface area contributed by atoms with Crippen molar-refractivity contribution < 1.29 is 4.79 Å². The summed E-state index contributed by atoms with van der Waals surface area (Å²) >= 11 is 1.64. The third-order valence-corrected chi connectivity index (χ3v) is 3.38. The molecule has 2 rings (SSSR count). The quantitative estimate of drug-likeness (QED) is 0.714. The number of thiazole rings is 1. The molecule has 1 aliphatic rings. The maximum absolute atomic E-state index is 11.2. The Labute approximate surface area is 75.6 Å². The Balaban J connectivity index is 2.09. The minimum absolute atomic E-state index is 0.00648. The fourth-order valence-corrected chi connectivity index (χ4v) is 2.21. The van der Waals surface area contributed by atoms with E-state index in [1.54, 1.807) is 18.3 Å². The first kappa shape index (κ1) is 7.92. The molecule has 3 heteroatoms. The van der Waals surface area contributed by atoms with Crippen molar-refractivity contribution in [1.82, 2.24) is 4.98 Å². The Morgan fingerprint density at radius 2 is 2.50 bits per heavy atom. The summed E-state index contributed by atoms with van der Waals surface area (Å²) in [6.07, 6.45) is 4.92. The van der Waals surface area contributed by atoms with Crippen molar-refractivity contribution in [3.05, 3.63) is 16.6 Å². The average Bonchev–Trinajstić information content (AvgIpc) is 2.60. The van der Waals surface area contributed by atoms with Gasteiger partial charge in [0.25, 0.3) is 0 Å². The van der Waals surface area contributed by atoms with Crippen LogP contribution in [0.1, 0.15) is 24.6 Å². The smallest absolute Gasteiger partial charge is 0.136 e. The number of hydrogen-bond donors (Lipinski definition) is 0. The number of nitrogens with zero attached hydrogens (tertiary/aromatic N) is 1. The predicted molar refractivity (Wildman–Crippen MR) is 48.2 cm³/mol. The van der Waals surface area contributed by atoms with Gasteiger partial charge in [0, 0.05) is 16.5 Å². The molecule has 0 amide bonds. The van der Waals surface area contributed by atoms with Crippen LogP contribution >= 0.6 is 11.3 Å². The van der Waals surface area contributed by atoms with Crippen LogP contribution in [-0.4, -0.2) is 10.8 Å². The van der Waals surface area contributed by atoms with Crippen molar-refractivity contribution in [1.29, 1.82) is 0 Å². The zero-order valence-corrected chi connectivity index (χ0v) is 7.86. The lowest BCUT2D eigenvalue weighted by Crippen LogP contribution is -2.14. The van der Waals surface area contributed by atoms with E-state index in [9.17, 15) is 4.79 Å². The van der Waals surface area contributed by atoms with Gasteiger partial charge in [0.2, 0.25) is 0 Å². The highest BCUT2D eigenvalue weighted by Crippen LogP contribution is 2.49. The molecular weight excluding hydrogens is 170 g/mol. The van der Waals surface area contributed by atoms with E-state index in [0.29, 0.717) is 5.78 Å². The van der Waals surface area contributed by atoms with Crippen LogP contribution in [-0.2, 0) is 11.2 Å². The van der Waals surface area contributed by atoms with Gasteiger partial charge in [-0.15, -0.1) is 11.3 Å². The third kappa shape index (κ3) is 1.29. The molecule has 0 spiro atoms. The first-order chi connectivity index (χ1) is 5.73. The fraction of sp³-hybridized carbons (Fsp3) is 0.556. The predicted octanol–water partition coefficient (Wildman–Crippen LogP) is 2.05. The Morgan fingerprint density at radius 3 is 2.92 bits per heavy atom. The van der Waals surface area contributed by atoms with Gasteiger partial charge in [-0.05, 0) is 26.2 Å². The molecule has 0 bridgehead atoms. The minimum atomic E-state index is 0.00648. The summed E-state index contributed by atoms with van der Waals surface area (Å²) < 4.78 is 0. The summed E-state index contributed by atoms with van der Waals surface area (Å²) in [5, 5.41) is 0. The summed E-state index contributed by atoms with van der Waals surface area (Å²) in [6, 6.07) is 0. The van der Waals surface area contributed by atoms with Gasteiger partial charge in [-0.1, -0.05) is 0 Å². The topological polar surface area (TPSA) is 30.0 Å². The summed E-state index contributed by atoms with van der Waals surface area (Å²) in [5.41, 5.74) is 1.83. The van der Waals surface area contributed by atoms with Crippen LogP contribution in [0, 0.1) is 5.41 Å². The average molecular weight is 181 g/mol. The Kier molecular flexibility index (Phi) is 1.76. The summed E-state index contributed by atoms with van der Waals surface area (Å²) in [4.78, 5) is 16.5. The second-order valence-electron chi connectivity index (χ2n) is 3.48. The SMILES string of the molecule is CC(=O)C1(Cc2cncs2)CC1. The molecule has 0 aromatic carbocycles. The maximum atomic E-state index is 11.2. The number of aromatic nitrogens is 1. The molecular formula is C9H11NOS. The number of hydrogen-bond acceptors (Lipinski definition) is 3. The van der Waals surface area contributed by atoms with Crippen molar-refractivity contribution in [2.45, 2.75) is 26.2 Å². The van der Waals surface area contributed by atoms with Gasteiger partial charge in [-0.25, -0.2) is 0 Å². The molecule has 1 fully saturated rings. The monoisotopic (exact) mass is 181 g/mol. The third-order valence-electron chi connectivity index (χ3n) is 2.60. The highest BCUT2D eigenvalue weighted by molar-refractivity contribution is 7.09. The first-order valence-corrected chi connectivity index (χ1v) is 4.99. The van der Waals surface area contributed by atoms with Crippen molar-refractivity contribution in [3.8, 4) is 0 Å². The number of rotatable bonds is 3. The van der Waals surface area contributed by atoms with Crippen LogP contribution in [0.2, 0.25) is 0 Å². The second-order valence-corrected chi connectivity index (χ2v) is 4.45. The van der Waals surface area contributed by atoms with Crippen molar-refractivity contribution in [3.63, 3.8) is 0 Å². The molecule has 1 aromatic rings. The van der Waals surface area contributed by atoms with Crippen LogP contribution < -0.4 is 0 Å². The van der Waals surface area contributed by atoms with E-state index in [0.717, 1.165) is 19.3 Å². The number of carbonyl (C=O) groups excluding carboxylic acids is 1. The van der Waals surface area contributed by atoms with Gasteiger partial charge in [-0.3, -0.25) is 9.78 Å². The lowest BCUT2D eigenvalue weighted by Gasteiger charge is -2.07. The van der Waals surface area contributed by atoms with Crippen molar-refractivity contribution >= 4 is 17.1 Å². The molecule has 1 aromatic heterocycles. The van der Waals surface area contributed by atoms with Crippen molar-refractivity contribution in [2.75, 3.05) is 0 Å². The fourth-order valence-electron chi connectivity index (χ4n) is 1.47. The van der Waals surface area contributed by atoms with E-state index in [2.05, 4.69) is 4.98 Å². The first-order valence-electron chi connectivity index (χ1n) is 4.11. The molecule has 0 saturated heterocycles. The van der Waals surface area contributed by atoms with E-state index in [1.165, 1.54) is 4.88 Å². The maximum Gasteiger partial charge on any atom is 0.136 e. The molecule has 1 saturated carbocycles. The largest absolute Gasteiger partial charge is 0.299 e. The normalized spacial score (nSPS) is 19.1. The summed E-state index contributed by atoms with van der Waals surface area (Å²) in [6.45, 7) is 1.70. The lowest BCUT2D eigenvalue weighted by atomic mass is 9.97. The van der Waals surface area contributed by atoms with Crippen LogP contribution in [0.4, 0.5) is 0 Å². The highest BCUT2D eigenvalue weighted by atomic mass is 32.1. The van der Waals surface area contributed by atoms with Gasteiger partial charge < -0.3 is 0 Å². The molecule has 2 nitrogen and oxygen atoms in total. The van der Waals surface area contributed by atoms with Crippen LogP contribution in [0.25, 0.3) is 0 Å². The van der Waals surface area contributed by atoms with Crippen LogP contribution in [0.5, 0.6) is 0 Å². The zero-order valence-electron chi connectivity index (χ0n) is 7.04. The number of ketones is 1. The van der Waals surface area contributed by atoms with E-state index >= 15 is 0 Å². The summed E-state index contributed by atoms with van der Waals surface area (Å²) in [7, 11) is 0. The highest BCUT2D eigenvalue weighted by Gasteiger charge is 2.47. The molecule has 1 heterocycles. The molecule has 1 aliphatic carbocycles. The second kappa shape index (κ2) is 2.66. The van der Waals surface area contributed by atoms with Gasteiger partial charge in [0.05, 0.1) is 5.51 Å². The van der Waals surface area contributed by atoms with E-state index in [4.69, 9.17) is 0 Å².